The first-order valence-electron chi connectivity index (χ1n) is 10.0. The van der Waals surface area contributed by atoms with Crippen molar-refractivity contribution in [2.75, 3.05) is 38.1 Å². The Morgan fingerprint density at radius 1 is 1.09 bits per heavy atom. The van der Waals surface area contributed by atoms with Gasteiger partial charge in [0.25, 0.3) is 0 Å². The van der Waals surface area contributed by atoms with Crippen molar-refractivity contribution >= 4 is 37.7 Å². The molecule has 3 heterocycles. The molecule has 0 amide bonds. The van der Waals surface area contributed by atoms with Gasteiger partial charge in [0.15, 0.2) is 5.78 Å². The van der Waals surface area contributed by atoms with Crippen LogP contribution in [0.2, 0.25) is 0 Å². The minimum atomic E-state index is -5.54. The fourth-order valence-corrected chi connectivity index (χ4v) is 6.37. The Morgan fingerprint density at radius 3 is 2.22 bits per heavy atom. The first-order valence-corrected chi connectivity index (χ1v) is 13.4. The second-order valence-electron chi connectivity index (χ2n) is 8.28. The molecule has 2 fully saturated rings. The van der Waals surface area contributed by atoms with Gasteiger partial charge in [0.2, 0.25) is 10.8 Å². The normalized spacial score (nSPS) is 18.5. The van der Waals surface area contributed by atoms with E-state index >= 15 is 0 Å². The highest BCUT2D eigenvalue weighted by molar-refractivity contribution is 7.72. The van der Waals surface area contributed by atoms with Crippen molar-refractivity contribution in [2.45, 2.75) is 24.3 Å². The number of hydrogen-bond donors (Lipinski definition) is 4. The Balaban J connectivity index is 1.84. The number of ketones is 1. The van der Waals surface area contributed by atoms with E-state index in [0.717, 1.165) is 45.2 Å². The number of hydrogen-bond acceptors (Lipinski definition) is 7. The van der Waals surface area contributed by atoms with Crippen LogP contribution in [0.4, 0.5) is 5.82 Å². The zero-order valence-corrected chi connectivity index (χ0v) is 19.0. The van der Waals surface area contributed by atoms with E-state index in [1.807, 2.05) is 7.05 Å². The highest BCUT2D eigenvalue weighted by atomic mass is 31.2. The smallest absolute Gasteiger partial charge is 0.348 e. The van der Waals surface area contributed by atoms with Gasteiger partial charge in [0, 0.05) is 50.7 Å². The third-order valence-electron chi connectivity index (χ3n) is 5.81. The van der Waals surface area contributed by atoms with Gasteiger partial charge in [0.1, 0.15) is 5.82 Å². The third kappa shape index (κ3) is 4.45. The van der Waals surface area contributed by atoms with Gasteiger partial charge in [-0.25, -0.2) is 4.98 Å². The van der Waals surface area contributed by atoms with E-state index in [9.17, 15) is 38.3 Å². The molecule has 4 rings (SSSR count). The van der Waals surface area contributed by atoms with Gasteiger partial charge in [-0.05, 0) is 19.9 Å². The maximum Gasteiger partial charge on any atom is 0.348 e. The molecule has 0 bridgehead atoms. The molecule has 0 atom stereocenters. The lowest BCUT2D eigenvalue weighted by Gasteiger charge is -2.33. The Hall–Kier alpha value is -1.91. The van der Waals surface area contributed by atoms with Crippen LogP contribution >= 0.6 is 15.2 Å². The molecular formula is C18H24N4O8P2. The van der Waals surface area contributed by atoms with Gasteiger partial charge in [-0.2, -0.15) is 0 Å². The highest BCUT2D eigenvalue weighted by Gasteiger charge is 2.50. The van der Waals surface area contributed by atoms with Gasteiger partial charge >= 0.3 is 15.2 Å². The van der Waals surface area contributed by atoms with Crippen molar-refractivity contribution < 1.29 is 33.5 Å². The fraction of sp³-hybridized carbons (Fsp3) is 0.500. The zero-order chi connectivity index (χ0) is 23.4. The van der Waals surface area contributed by atoms with E-state index in [1.54, 1.807) is 10.6 Å². The van der Waals surface area contributed by atoms with E-state index in [1.165, 1.54) is 6.20 Å². The second-order valence-corrected chi connectivity index (χ2v) is 12.1. The van der Waals surface area contributed by atoms with Crippen molar-refractivity contribution in [3.05, 3.63) is 34.2 Å². The molecule has 1 saturated carbocycles. The number of carbonyl (C=O) groups excluding carboxylic acids is 1. The number of fused-ring (bicyclic) bond motifs is 1. The van der Waals surface area contributed by atoms with E-state index in [0.29, 0.717) is 11.3 Å². The third-order valence-corrected chi connectivity index (χ3v) is 9.36. The number of likely N-dealkylation sites (N-methyl/N-ethyl adjacent to an activating group) is 1. The summed E-state index contributed by atoms with van der Waals surface area (Å²) < 4.78 is 25.1. The van der Waals surface area contributed by atoms with E-state index in [2.05, 4.69) is 14.8 Å². The van der Waals surface area contributed by atoms with Crippen LogP contribution in [-0.4, -0.2) is 78.4 Å². The molecule has 32 heavy (non-hydrogen) atoms. The number of carbonyl (C=O) groups is 1. The standard InChI is InChI=1S/C18H24N4O8P2/c1-20-4-6-21(7-5-20)15-8-14-12(9-19-15)16(23)13(10-22(14)11-2-3-11)17(24)18(31(25,26)27)32(28,29)30/h8-11,18H,2-7H2,1H3,(H2,25,26,27)(H2,28,29,30). The summed E-state index contributed by atoms with van der Waals surface area (Å²) in [6.07, 6.45) is 4.03. The van der Waals surface area contributed by atoms with Crippen LogP contribution in [0.5, 0.6) is 0 Å². The van der Waals surface area contributed by atoms with Gasteiger partial charge in [-0.15, -0.1) is 0 Å². The summed E-state index contributed by atoms with van der Waals surface area (Å²) in [5.74, 6) is -0.905. The van der Waals surface area contributed by atoms with Crippen LogP contribution in [0, 0.1) is 0 Å². The SMILES string of the molecule is CN1CCN(c2cc3c(cn2)c(=O)c(C(=O)C(P(=O)(O)O)P(=O)(O)O)cn3C2CC2)CC1. The summed E-state index contributed by atoms with van der Waals surface area (Å²) in [5, 5.41) is -2.87. The van der Waals surface area contributed by atoms with Gasteiger partial charge in [-0.3, -0.25) is 18.7 Å². The fourth-order valence-electron chi connectivity index (χ4n) is 3.91. The number of aromatic nitrogens is 2. The lowest BCUT2D eigenvalue weighted by atomic mass is 10.1. The predicted molar refractivity (Wildman–Crippen MR) is 116 cm³/mol. The largest absolute Gasteiger partial charge is 0.354 e. The molecule has 1 saturated heterocycles. The Labute approximate surface area is 182 Å². The minimum Gasteiger partial charge on any atom is -0.354 e. The summed E-state index contributed by atoms with van der Waals surface area (Å²) in [5.41, 5.74) is -1.02. The van der Waals surface area contributed by atoms with E-state index < -0.39 is 37.4 Å². The molecule has 1 aliphatic heterocycles. The molecule has 2 aromatic heterocycles. The Bertz CT molecular complexity index is 1200. The first-order chi connectivity index (χ1) is 14.9. The van der Waals surface area contributed by atoms with Crippen molar-refractivity contribution in [1.82, 2.24) is 14.5 Å². The predicted octanol–water partition coefficient (Wildman–Crippen LogP) is 0.347. The summed E-state index contributed by atoms with van der Waals surface area (Å²) >= 11 is 0. The quantitative estimate of drug-likeness (QED) is 0.328. The van der Waals surface area contributed by atoms with Crippen LogP contribution in [0.25, 0.3) is 10.9 Å². The van der Waals surface area contributed by atoms with Crippen LogP contribution < -0.4 is 10.3 Å². The van der Waals surface area contributed by atoms with Crippen LogP contribution in [0.15, 0.2) is 23.3 Å². The summed E-state index contributed by atoms with van der Waals surface area (Å²) in [6.45, 7) is 3.22. The monoisotopic (exact) mass is 486 g/mol. The van der Waals surface area contributed by atoms with Crippen LogP contribution in [-0.2, 0) is 9.13 Å². The molecule has 0 radical (unpaired) electrons. The summed E-state index contributed by atoms with van der Waals surface area (Å²) in [4.78, 5) is 72.1. The van der Waals surface area contributed by atoms with Crippen LogP contribution in [0.1, 0.15) is 29.2 Å². The molecule has 2 aliphatic rings. The molecule has 0 aromatic carbocycles. The number of piperazine rings is 1. The lowest BCUT2D eigenvalue weighted by Crippen LogP contribution is -2.44. The summed E-state index contributed by atoms with van der Waals surface area (Å²) in [6, 6.07) is 1.72. The number of nitrogens with zero attached hydrogens (tertiary/aromatic N) is 4. The van der Waals surface area contributed by atoms with Crippen molar-refractivity contribution in [1.29, 1.82) is 0 Å². The topological polar surface area (TPSA) is 174 Å². The first kappa shape index (κ1) is 23.3. The lowest BCUT2D eigenvalue weighted by molar-refractivity contribution is 0.0991. The molecule has 2 aromatic rings. The number of Topliss-reactive ketones (excluding diaryl/α,β-unsaturated/α-hetero) is 1. The van der Waals surface area contributed by atoms with E-state index in [-0.39, 0.29) is 11.4 Å². The second kappa shape index (κ2) is 8.14. The van der Waals surface area contributed by atoms with Gasteiger partial charge < -0.3 is 33.9 Å². The highest BCUT2D eigenvalue weighted by Crippen LogP contribution is 2.60. The molecule has 1 aliphatic carbocycles. The number of pyridine rings is 2. The molecule has 12 nitrogen and oxygen atoms in total. The number of rotatable bonds is 6. The summed E-state index contributed by atoms with van der Waals surface area (Å²) in [7, 11) is -9.06. The average molecular weight is 486 g/mol. The maximum atomic E-state index is 13.1. The number of anilines is 1. The molecule has 0 spiro atoms. The molecular weight excluding hydrogens is 462 g/mol. The van der Waals surface area contributed by atoms with Gasteiger partial charge in [0.05, 0.1) is 16.5 Å². The van der Waals surface area contributed by atoms with E-state index in [4.69, 9.17) is 0 Å². The molecule has 4 N–H and O–H groups in total. The van der Waals surface area contributed by atoms with Gasteiger partial charge in [-0.1, -0.05) is 0 Å². The minimum absolute atomic E-state index is 0.0315. The van der Waals surface area contributed by atoms with Crippen molar-refractivity contribution in [3.63, 3.8) is 0 Å². The zero-order valence-electron chi connectivity index (χ0n) is 17.2. The average Bonchev–Trinajstić information content (AvgIpc) is 3.51. The molecule has 174 valence electrons. The maximum absolute atomic E-state index is 13.1. The Kier molecular flexibility index (Phi) is 5.92. The Morgan fingerprint density at radius 2 is 1.69 bits per heavy atom. The van der Waals surface area contributed by atoms with Crippen LogP contribution in [0.3, 0.4) is 0 Å². The molecule has 0 unspecified atom stereocenters. The molecule has 14 heteroatoms. The van der Waals surface area contributed by atoms with Crippen molar-refractivity contribution in [3.8, 4) is 0 Å². The van der Waals surface area contributed by atoms with Crippen molar-refractivity contribution in [2.24, 2.45) is 0 Å².